The lowest BCUT2D eigenvalue weighted by Crippen LogP contribution is -2.20. The Kier molecular flexibility index (Phi) is 2.68. The molecule has 2 atom stereocenters. The molecule has 68 valence electrons. The van der Waals surface area contributed by atoms with Crippen molar-refractivity contribution in [3.05, 3.63) is 0 Å². The second-order valence-corrected chi connectivity index (χ2v) is 3.23. The Balaban J connectivity index is 2.52. The number of hydrogen-bond acceptors (Lipinski definition) is 2. The van der Waals surface area contributed by atoms with Gasteiger partial charge in [0.1, 0.15) is 0 Å². The molecule has 4 heteroatoms. The average molecular weight is 172 g/mol. The van der Waals surface area contributed by atoms with Crippen molar-refractivity contribution < 1.29 is 19.8 Å². The monoisotopic (exact) mass is 172 g/mol. The zero-order chi connectivity index (χ0) is 9.14. The van der Waals surface area contributed by atoms with E-state index in [0.717, 1.165) is 12.8 Å². The summed E-state index contributed by atoms with van der Waals surface area (Å²) in [6.07, 6.45) is 2.21. The third kappa shape index (κ3) is 1.96. The van der Waals surface area contributed by atoms with Crippen molar-refractivity contribution in [1.82, 2.24) is 0 Å². The summed E-state index contributed by atoms with van der Waals surface area (Å²) in [6, 6.07) is 0. The predicted molar refractivity (Wildman–Crippen MR) is 40.7 cm³/mol. The Morgan fingerprint density at radius 1 is 1.25 bits per heavy atom. The molecular weight excluding hydrogens is 160 g/mol. The molecule has 0 aliphatic heterocycles. The van der Waals surface area contributed by atoms with E-state index in [1.807, 2.05) is 0 Å². The molecule has 0 aromatic heterocycles. The topological polar surface area (TPSA) is 74.6 Å². The summed E-state index contributed by atoms with van der Waals surface area (Å²) >= 11 is 0. The van der Waals surface area contributed by atoms with Crippen LogP contribution in [0.2, 0.25) is 0 Å². The first-order chi connectivity index (χ1) is 5.61. The fourth-order valence-corrected chi connectivity index (χ4v) is 1.83. The zero-order valence-corrected chi connectivity index (χ0v) is 6.69. The van der Waals surface area contributed by atoms with Gasteiger partial charge < -0.3 is 10.2 Å². The first-order valence-electron chi connectivity index (χ1n) is 4.06. The molecule has 4 nitrogen and oxygen atoms in total. The lowest BCUT2D eigenvalue weighted by atomic mass is 9.93. The van der Waals surface area contributed by atoms with Crippen molar-refractivity contribution in [1.29, 1.82) is 0 Å². The Morgan fingerprint density at radius 2 is 1.92 bits per heavy atom. The highest BCUT2D eigenvalue weighted by molar-refractivity contribution is 5.73. The number of aliphatic carboxylic acids is 2. The number of hydrogen-bond donors (Lipinski definition) is 2. The highest BCUT2D eigenvalue weighted by Crippen LogP contribution is 2.34. The van der Waals surface area contributed by atoms with E-state index < -0.39 is 17.9 Å². The molecule has 0 spiro atoms. The molecule has 1 fully saturated rings. The molecule has 0 amide bonds. The van der Waals surface area contributed by atoms with E-state index in [9.17, 15) is 9.59 Å². The Morgan fingerprint density at radius 3 is 2.42 bits per heavy atom. The van der Waals surface area contributed by atoms with Crippen molar-refractivity contribution >= 4 is 11.9 Å². The van der Waals surface area contributed by atoms with Crippen molar-refractivity contribution in [3.8, 4) is 0 Å². The van der Waals surface area contributed by atoms with Crippen LogP contribution < -0.4 is 0 Å². The summed E-state index contributed by atoms with van der Waals surface area (Å²) in [7, 11) is 0. The first-order valence-corrected chi connectivity index (χ1v) is 4.06. The van der Waals surface area contributed by atoms with Crippen LogP contribution in [0.3, 0.4) is 0 Å². The standard InChI is InChI=1S/C8H12O4/c9-7(10)4-5-2-1-3-6(5)8(11)12/h5-6H,1-4H2,(H,9,10)(H,11,12)/t5-,6+/m0/s1. The number of carboxylic acid groups (broad SMARTS) is 2. The van der Waals surface area contributed by atoms with Gasteiger partial charge in [-0.25, -0.2) is 0 Å². The van der Waals surface area contributed by atoms with E-state index in [1.165, 1.54) is 0 Å². The molecule has 0 heterocycles. The molecule has 0 aromatic carbocycles. The fraction of sp³-hybridized carbons (Fsp3) is 0.750. The van der Waals surface area contributed by atoms with Gasteiger partial charge in [0.05, 0.1) is 5.92 Å². The third-order valence-electron chi connectivity index (χ3n) is 2.41. The first kappa shape index (κ1) is 9.03. The highest BCUT2D eigenvalue weighted by atomic mass is 16.4. The molecule has 0 unspecified atom stereocenters. The van der Waals surface area contributed by atoms with Gasteiger partial charge in [0.25, 0.3) is 0 Å². The van der Waals surface area contributed by atoms with Gasteiger partial charge in [-0.1, -0.05) is 6.42 Å². The summed E-state index contributed by atoms with van der Waals surface area (Å²) in [5.74, 6) is -2.33. The molecule has 0 saturated heterocycles. The van der Waals surface area contributed by atoms with E-state index >= 15 is 0 Å². The van der Waals surface area contributed by atoms with Crippen molar-refractivity contribution in [2.75, 3.05) is 0 Å². The quantitative estimate of drug-likeness (QED) is 0.665. The highest BCUT2D eigenvalue weighted by Gasteiger charge is 2.33. The summed E-state index contributed by atoms with van der Waals surface area (Å²) in [4.78, 5) is 20.9. The minimum absolute atomic E-state index is 0.00301. The maximum atomic E-state index is 10.6. The van der Waals surface area contributed by atoms with E-state index in [0.29, 0.717) is 6.42 Å². The summed E-state index contributed by atoms with van der Waals surface area (Å²) in [6.45, 7) is 0. The van der Waals surface area contributed by atoms with Gasteiger partial charge in [0, 0.05) is 6.42 Å². The second kappa shape index (κ2) is 3.56. The molecule has 0 radical (unpaired) electrons. The Labute approximate surface area is 70.2 Å². The largest absolute Gasteiger partial charge is 0.481 e. The van der Waals surface area contributed by atoms with Crippen LogP contribution in [-0.2, 0) is 9.59 Å². The Bertz CT molecular complexity index is 199. The van der Waals surface area contributed by atoms with Gasteiger partial charge in [0.15, 0.2) is 0 Å². The van der Waals surface area contributed by atoms with Gasteiger partial charge in [0.2, 0.25) is 0 Å². The molecule has 1 rings (SSSR count). The van der Waals surface area contributed by atoms with Gasteiger partial charge in [-0.05, 0) is 18.8 Å². The number of carbonyl (C=O) groups is 2. The SMILES string of the molecule is O=C(O)C[C@@H]1CCC[C@H]1C(=O)O. The lowest BCUT2D eigenvalue weighted by Gasteiger charge is -2.12. The van der Waals surface area contributed by atoms with Crippen LogP contribution in [0.1, 0.15) is 25.7 Å². The third-order valence-corrected chi connectivity index (χ3v) is 2.41. The maximum Gasteiger partial charge on any atom is 0.306 e. The molecule has 2 N–H and O–H groups in total. The predicted octanol–water partition coefficient (Wildman–Crippen LogP) is 0.962. The van der Waals surface area contributed by atoms with Crippen LogP contribution in [-0.4, -0.2) is 22.2 Å². The van der Waals surface area contributed by atoms with Crippen molar-refractivity contribution in [2.45, 2.75) is 25.7 Å². The molecule has 1 aliphatic rings. The van der Waals surface area contributed by atoms with Crippen LogP contribution in [0.15, 0.2) is 0 Å². The Hall–Kier alpha value is -1.06. The van der Waals surface area contributed by atoms with Crippen molar-refractivity contribution in [3.63, 3.8) is 0 Å². The smallest absolute Gasteiger partial charge is 0.306 e. The zero-order valence-electron chi connectivity index (χ0n) is 6.69. The van der Waals surface area contributed by atoms with E-state index in [1.54, 1.807) is 0 Å². The average Bonchev–Trinajstić information content (AvgIpc) is 2.33. The maximum absolute atomic E-state index is 10.6. The molecule has 1 saturated carbocycles. The fourth-order valence-electron chi connectivity index (χ4n) is 1.83. The summed E-state index contributed by atoms with van der Waals surface area (Å²) in [5, 5.41) is 17.2. The van der Waals surface area contributed by atoms with Crippen molar-refractivity contribution in [2.24, 2.45) is 11.8 Å². The minimum atomic E-state index is -0.895. The van der Waals surface area contributed by atoms with E-state index in [-0.39, 0.29) is 12.3 Å². The van der Waals surface area contributed by atoms with Gasteiger partial charge >= 0.3 is 11.9 Å². The molecule has 12 heavy (non-hydrogen) atoms. The van der Waals surface area contributed by atoms with E-state index in [4.69, 9.17) is 10.2 Å². The normalized spacial score (nSPS) is 28.7. The second-order valence-electron chi connectivity index (χ2n) is 3.23. The van der Waals surface area contributed by atoms with Crippen LogP contribution >= 0.6 is 0 Å². The van der Waals surface area contributed by atoms with Gasteiger partial charge in [-0.3, -0.25) is 9.59 Å². The molecule has 0 aromatic rings. The van der Waals surface area contributed by atoms with Crippen LogP contribution in [0.4, 0.5) is 0 Å². The number of rotatable bonds is 3. The van der Waals surface area contributed by atoms with Crippen LogP contribution in [0.25, 0.3) is 0 Å². The van der Waals surface area contributed by atoms with Gasteiger partial charge in [-0.2, -0.15) is 0 Å². The van der Waals surface area contributed by atoms with Crippen LogP contribution in [0, 0.1) is 11.8 Å². The minimum Gasteiger partial charge on any atom is -0.481 e. The molecular formula is C8H12O4. The summed E-state index contributed by atoms with van der Waals surface area (Å²) in [5.41, 5.74) is 0. The number of carboxylic acids is 2. The van der Waals surface area contributed by atoms with Crippen LogP contribution in [0.5, 0.6) is 0 Å². The summed E-state index contributed by atoms with van der Waals surface area (Å²) < 4.78 is 0. The van der Waals surface area contributed by atoms with E-state index in [2.05, 4.69) is 0 Å². The lowest BCUT2D eigenvalue weighted by molar-refractivity contribution is -0.144. The molecule has 0 bridgehead atoms. The van der Waals surface area contributed by atoms with Gasteiger partial charge in [-0.15, -0.1) is 0 Å². The molecule has 1 aliphatic carbocycles.